The Morgan fingerprint density at radius 1 is 1.26 bits per heavy atom. The van der Waals surface area contributed by atoms with Crippen LogP contribution < -0.4 is 5.56 Å². The smallest absolute Gasteiger partial charge is 0.274 e. The highest BCUT2D eigenvalue weighted by Crippen LogP contribution is 2.27. The van der Waals surface area contributed by atoms with Crippen LogP contribution in [0.3, 0.4) is 0 Å². The third-order valence-electron chi connectivity index (χ3n) is 5.30. The molecule has 1 aliphatic heterocycles. The van der Waals surface area contributed by atoms with E-state index in [1.165, 1.54) is 0 Å². The molecule has 1 fully saturated rings. The zero-order chi connectivity index (χ0) is 19.0. The van der Waals surface area contributed by atoms with E-state index >= 15 is 0 Å². The lowest BCUT2D eigenvalue weighted by molar-refractivity contribution is -0.133. The molecular weight excluding hydrogens is 342 g/mol. The fraction of sp³-hybridized carbons (Fsp3) is 0.400. The maximum Gasteiger partial charge on any atom is 0.274 e. The number of hydrogen-bond acceptors (Lipinski definition) is 4. The Kier molecular flexibility index (Phi) is 4.51. The van der Waals surface area contributed by atoms with Gasteiger partial charge >= 0.3 is 0 Å². The molecule has 1 amide bonds. The number of nitrogens with zero attached hydrogens (tertiary/aromatic N) is 4. The summed E-state index contributed by atoms with van der Waals surface area (Å²) in [5, 5.41) is 5.23. The van der Waals surface area contributed by atoms with Crippen LogP contribution in [0.5, 0.6) is 0 Å². The Labute approximate surface area is 157 Å². The minimum absolute atomic E-state index is 0.0934. The van der Waals surface area contributed by atoms with Gasteiger partial charge in [-0.2, -0.15) is 5.10 Å². The number of carbonyl (C=O) groups excluding carboxylic acids is 1. The molecule has 0 bridgehead atoms. The van der Waals surface area contributed by atoms with E-state index in [2.05, 4.69) is 15.1 Å². The number of amides is 1. The first-order valence-electron chi connectivity index (χ1n) is 9.28. The first-order valence-corrected chi connectivity index (χ1v) is 9.28. The van der Waals surface area contributed by atoms with Gasteiger partial charge in [-0.25, -0.2) is 0 Å². The molecule has 0 atom stereocenters. The second-order valence-corrected chi connectivity index (χ2v) is 7.23. The second kappa shape index (κ2) is 6.98. The van der Waals surface area contributed by atoms with Gasteiger partial charge in [-0.3, -0.25) is 19.3 Å². The number of piperidine rings is 1. The second-order valence-electron chi connectivity index (χ2n) is 7.23. The fourth-order valence-electron chi connectivity index (χ4n) is 3.84. The van der Waals surface area contributed by atoms with Gasteiger partial charge in [-0.1, -0.05) is 6.07 Å². The molecule has 0 unspecified atom stereocenters. The monoisotopic (exact) mass is 365 g/mol. The Hall–Kier alpha value is -2.96. The molecular formula is C20H23N5O2. The molecule has 0 radical (unpaired) electrons. The van der Waals surface area contributed by atoms with Crippen LogP contribution >= 0.6 is 0 Å². The first-order chi connectivity index (χ1) is 13.0. The Morgan fingerprint density at radius 3 is 2.74 bits per heavy atom. The average Bonchev–Trinajstić information content (AvgIpc) is 2.98. The Morgan fingerprint density at radius 2 is 2.04 bits per heavy atom. The van der Waals surface area contributed by atoms with Crippen molar-refractivity contribution in [2.45, 2.75) is 39.2 Å². The standard InChI is InChI=1S/C20H23N5O2/c1-13-10-14(2)25(23-13)12-18(26)24-8-5-15(6-9-24)17-11-16-4-3-7-21-19(16)20(27)22-17/h3-4,7,10-11,15H,5-6,8-9,12H2,1-2H3,(H,22,27). The van der Waals surface area contributed by atoms with Crippen molar-refractivity contribution in [3.63, 3.8) is 0 Å². The molecule has 4 heterocycles. The highest BCUT2D eigenvalue weighted by atomic mass is 16.2. The van der Waals surface area contributed by atoms with Gasteiger partial charge in [0, 0.05) is 42.0 Å². The zero-order valence-corrected chi connectivity index (χ0v) is 15.6. The summed E-state index contributed by atoms with van der Waals surface area (Å²) in [6.45, 7) is 5.55. The highest BCUT2D eigenvalue weighted by molar-refractivity contribution is 5.78. The highest BCUT2D eigenvalue weighted by Gasteiger charge is 2.25. The minimum Gasteiger partial charge on any atom is -0.341 e. The summed E-state index contributed by atoms with van der Waals surface area (Å²) in [5.41, 5.74) is 3.18. The van der Waals surface area contributed by atoms with E-state index in [1.54, 1.807) is 10.9 Å². The quantitative estimate of drug-likeness (QED) is 0.771. The summed E-state index contributed by atoms with van der Waals surface area (Å²) in [6.07, 6.45) is 3.30. The molecule has 0 aromatic carbocycles. The lowest BCUT2D eigenvalue weighted by Crippen LogP contribution is -2.40. The van der Waals surface area contributed by atoms with Gasteiger partial charge in [-0.15, -0.1) is 0 Å². The van der Waals surface area contributed by atoms with Crippen LogP contribution in [-0.2, 0) is 11.3 Å². The summed E-state index contributed by atoms with van der Waals surface area (Å²) in [7, 11) is 0. The van der Waals surface area contributed by atoms with Crippen molar-refractivity contribution in [2.75, 3.05) is 13.1 Å². The predicted molar refractivity (Wildman–Crippen MR) is 103 cm³/mol. The predicted octanol–water partition coefficient (Wildman–Crippen LogP) is 2.14. The molecule has 7 nitrogen and oxygen atoms in total. The van der Waals surface area contributed by atoms with Gasteiger partial charge in [0.05, 0.1) is 5.69 Å². The molecule has 1 saturated heterocycles. The summed E-state index contributed by atoms with van der Waals surface area (Å²) in [4.78, 5) is 33.9. The third-order valence-corrected chi connectivity index (χ3v) is 5.30. The molecule has 1 N–H and O–H groups in total. The molecule has 4 rings (SSSR count). The van der Waals surface area contributed by atoms with Gasteiger partial charge in [0.2, 0.25) is 5.91 Å². The van der Waals surface area contributed by atoms with Gasteiger partial charge < -0.3 is 9.88 Å². The van der Waals surface area contributed by atoms with E-state index in [1.807, 2.05) is 43.0 Å². The molecule has 0 aliphatic carbocycles. The van der Waals surface area contributed by atoms with Crippen LogP contribution in [0.15, 0.2) is 35.3 Å². The molecule has 3 aromatic rings. The van der Waals surface area contributed by atoms with E-state index in [4.69, 9.17) is 0 Å². The van der Waals surface area contributed by atoms with Crippen molar-refractivity contribution in [1.82, 2.24) is 24.6 Å². The summed E-state index contributed by atoms with van der Waals surface area (Å²) in [5.74, 6) is 0.343. The number of hydrogen-bond donors (Lipinski definition) is 1. The Balaban J connectivity index is 1.43. The van der Waals surface area contributed by atoms with Crippen molar-refractivity contribution in [3.8, 4) is 0 Å². The zero-order valence-electron chi connectivity index (χ0n) is 15.6. The number of likely N-dealkylation sites (tertiary alicyclic amines) is 1. The number of pyridine rings is 2. The van der Waals surface area contributed by atoms with Crippen LogP contribution in [0.4, 0.5) is 0 Å². The van der Waals surface area contributed by atoms with E-state index in [9.17, 15) is 9.59 Å². The van der Waals surface area contributed by atoms with E-state index in [0.717, 1.165) is 35.3 Å². The van der Waals surface area contributed by atoms with Crippen molar-refractivity contribution >= 4 is 16.8 Å². The number of aromatic nitrogens is 4. The van der Waals surface area contributed by atoms with Gasteiger partial charge in [0.15, 0.2) is 0 Å². The van der Waals surface area contributed by atoms with Gasteiger partial charge in [-0.05, 0) is 44.9 Å². The summed E-state index contributed by atoms with van der Waals surface area (Å²) in [6, 6.07) is 7.74. The number of aromatic amines is 1. The van der Waals surface area contributed by atoms with Crippen LogP contribution in [0.1, 0.15) is 35.8 Å². The molecule has 0 saturated carbocycles. The SMILES string of the molecule is Cc1cc(C)n(CC(=O)N2CCC(c3cc4cccnc4c(=O)[nH]3)CC2)n1. The van der Waals surface area contributed by atoms with Crippen molar-refractivity contribution in [2.24, 2.45) is 0 Å². The largest absolute Gasteiger partial charge is 0.341 e. The molecule has 3 aromatic heterocycles. The molecule has 7 heteroatoms. The minimum atomic E-state index is -0.147. The normalized spacial score (nSPS) is 15.4. The molecule has 27 heavy (non-hydrogen) atoms. The summed E-state index contributed by atoms with van der Waals surface area (Å²) < 4.78 is 1.76. The lowest BCUT2D eigenvalue weighted by atomic mass is 9.92. The fourth-order valence-corrected chi connectivity index (χ4v) is 3.84. The average molecular weight is 365 g/mol. The molecule has 1 aliphatic rings. The Bertz CT molecular complexity index is 1040. The van der Waals surface area contributed by atoms with E-state index in [0.29, 0.717) is 18.6 Å². The first kappa shape index (κ1) is 17.5. The number of nitrogens with one attached hydrogen (secondary N) is 1. The van der Waals surface area contributed by atoms with E-state index in [-0.39, 0.29) is 23.9 Å². The summed E-state index contributed by atoms with van der Waals surface area (Å²) >= 11 is 0. The van der Waals surface area contributed by atoms with Crippen LogP contribution in [0.2, 0.25) is 0 Å². The molecule has 0 spiro atoms. The van der Waals surface area contributed by atoms with Crippen LogP contribution in [0, 0.1) is 13.8 Å². The van der Waals surface area contributed by atoms with Crippen molar-refractivity contribution < 1.29 is 4.79 Å². The molecule has 140 valence electrons. The number of H-pyrrole nitrogens is 1. The topological polar surface area (TPSA) is 83.9 Å². The van der Waals surface area contributed by atoms with Gasteiger partial charge in [0.1, 0.15) is 12.1 Å². The maximum atomic E-state index is 12.6. The number of fused-ring (bicyclic) bond motifs is 1. The lowest BCUT2D eigenvalue weighted by Gasteiger charge is -2.32. The number of aryl methyl sites for hydroxylation is 2. The maximum absolute atomic E-state index is 12.6. The van der Waals surface area contributed by atoms with E-state index < -0.39 is 0 Å². The van der Waals surface area contributed by atoms with Crippen molar-refractivity contribution in [1.29, 1.82) is 0 Å². The number of carbonyl (C=O) groups is 1. The third kappa shape index (κ3) is 3.49. The van der Waals surface area contributed by atoms with Crippen LogP contribution in [-0.4, -0.2) is 43.6 Å². The van der Waals surface area contributed by atoms with Crippen molar-refractivity contribution in [3.05, 3.63) is 57.9 Å². The number of rotatable bonds is 3. The van der Waals surface area contributed by atoms with Gasteiger partial charge in [0.25, 0.3) is 5.56 Å². The van der Waals surface area contributed by atoms with Crippen LogP contribution in [0.25, 0.3) is 10.9 Å².